The average Bonchev–Trinajstić information content (AvgIpc) is 2.47. The molecule has 3 rings (SSSR count). The standard InChI is InChI=1S/C22H40O2Si/c1-16(2)20(15-24-25(8,9)21(3,4)5)19-13-22(6)11-10-17(19)12-18(22)14-23-7/h10-11,14,16-17,19-20H,12-13,15H2,1-9H3/b18-14+/t17-,19-,20+,22-/m1/s1. The highest BCUT2D eigenvalue weighted by molar-refractivity contribution is 6.74. The van der Waals surface area contributed by atoms with E-state index in [0.29, 0.717) is 23.7 Å². The van der Waals surface area contributed by atoms with Crippen molar-refractivity contribution in [3.63, 3.8) is 0 Å². The first-order valence-corrected chi connectivity index (χ1v) is 12.9. The first-order chi connectivity index (χ1) is 11.4. The van der Waals surface area contributed by atoms with Gasteiger partial charge >= 0.3 is 0 Å². The molecule has 0 unspecified atom stereocenters. The molecule has 0 N–H and O–H groups in total. The Balaban J connectivity index is 2.15. The van der Waals surface area contributed by atoms with Crippen molar-refractivity contribution in [2.75, 3.05) is 13.7 Å². The molecule has 0 aromatic carbocycles. The third-order valence-electron chi connectivity index (χ3n) is 7.22. The molecule has 0 heterocycles. The first-order valence-electron chi connectivity index (χ1n) is 9.97. The van der Waals surface area contributed by atoms with Crippen molar-refractivity contribution in [3.05, 3.63) is 24.0 Å². The highest BCUT2D eigenvalue weighted by atomic mass is 28.4. The quantitative estimate of drug-likeness (QED) is 0.308. The van der Waals surface area contributed by atoms with E-state index in [-0.39, 0.29) is 10.5 Å². The lowest BCUT2D eigenvalue weighted by Gasteiger charge is -2.50. The third kappa shape index (κ3) is 4.24. The molecular weight excluding hydrogens is 324 g/mol. The zero-order valence-corrected chi connectivity index (χ0v) is 19.0. The Hall–Kier alpha value is -0.543. The van der Waals surface area contributed by atoms with Crippen LogP contribution in [-0.4, -0.2) is 22.0 Å². The van der Waals surface area contributed by atoms with E-state index >= 15 is 0 Å². The van der Waals surface area contributed by atoms with E-state index in [1.165, 1.54) is 12.0 Å². The summed E-state index contributed by atoms with van der Waals surface area (Å²) in [5, 5.41) is 0.278. The zero-order chi connectivity index (χ0) is 19.0. The number of hydrogen-bond acceptors (Lipinski definition) is 2. The van der Waals surface area contributed by atoms with E-state index in [1.807, 2.05) is 6.26 Å². The van der Waals surface area contributed by atoms with Gasteiger partial charge in [0, 0.05) is 12.0 Å². The predicted molar refractivity (Wildman–Crippen MR) is 110 cm³/mol. The topological polar surface area (TPSA) is 18.5 Å². The smallest absolute Gasteiger partial charge is 0.191 e. The second-order valence-electron chi connectivity index (χ2n) is 10.4. The van der Waals surface area contributed by atoms with Gasteiger partial charge in [-0.15, -0.1) is 0 Å². The second kappa shape index (κ2) is 7.23. The molecule has 0 aromatic rings. The molecule has 0 spiro atoms. The molecule has 3 aliphatic rings. The maximum atomic E-state index is 6.66. The number of rotatable bonds is 6. The van der Waals surface area contributed by atoms with Gasteiger partial charge in [-0.2, -0.15) is 0 Å². The maximum absolute atomic E-state index is 6.66. The van der Waals surface area contributed by atoms with Crippen molar-refractivity contribution < 1.29 is 9.16 Å². The van der Waals surface area contributed by atoms with Crippen molar-refractivity contribution in [1.29, 1.82) is 0 Å². The molecule has 0 aromatic heterocycles. The molecule has 2 nitrogen and oxygen atoms in total. The van der Waals surface area contributed by atoms with Crippen LogP contribution in [0.4, 0.5) is 0 Å². The lowest BCUT2D eigenvalue weighted by Crippen LogP contribution is -2.46. The molecule has 0 aliphatic heterocycles. The van der Waals surface area contributed by atoms with Crippen LogP contribution in [0.5, 0.6) is 0 Å². The van der Waals surface area contributed by atoms with Crippen LogP contribution in [0.15, 0.2) is 24.0 Å². The van der Waals surface area contributed by atoms with Crippen molar-refractivity contribution >= 4 is 8.32 Å². The molecule has 1 fully saturated rings. The normalized spacial score (nSPS) is 32.5. The Bertz CT molecular complexity index is 527. The monoisotopic (exact) mass is 364 g/mol. The number of ether oxygens (including phenoxy) is 1. The van der Waals surface area contributed by atoms with Gasteiger partial charge in [-0.1, -0.05) is 53.7 Å². The van der Waals surface area contributed by atoms with Gasteiger partial charge in [0.2, 0.25) is 0 Å². The van der Waals surface area contributed by atoms with Crippen LogP contribution in [0.2, 0.25) is 18.1 Å². The highest BCUT2D eigenvalue weighted by Crippen LogP contribution is 2.55. The van der Waals surface area contributed by atoms with E-state index in [2.05, 4.69) is 66.8 Å². The fourth-order valence-corrected chi connectivity index (χ4v) is 5.30. The minimum atomic E-state index is -1.69. The summed E-state index contributed by atoms with van der Waals surface area (Å²) < 4.78 is 12.0. The lowest BCUT2D eigenvalue weighted by molar-refractivity contribution is 0.0665. The minimum Gasteiger partial charge on any atom is -0.504 e. The number of allylic oxidation sites excluding steroid dienone is 3. The van der Waals surface area contributed by atoms with Gasteiger partial charge in [-0.3, -0.25) is 0 Å². The van der Waals surface area contributed by atoms with Gasteiger partial charge in [0.25, 0.3) is 0 Å². The molecule has 144 valence electrons. The van der Waals surface area contributed by atoms with Gasteiger partial charge in [-0.05, 0) is 60.2 Å². The fourth-order valence-electron chi connectivity index (χ4n) is 4.26. The van der Waals surface area contributed by atoms with E-state index in [9.17, 15) is 0 Å². The average molecular weight is 365 g/mol. The Morgan fingerprint density at radius 1 is 1.32 bits per heavy atom. The van der Waals surface area contributed by atoms with Gasteiger partial charge in [0.15, 0.2) is 8.32 Å². The van der Waals surface area contributed by atoms with Gasteiger partial charge in [0.05, 0.1) is 13.4 Å². The van der Waals surface area contributed by atoms with Crippen molar-refractivity contribution in [3.8, 4) is 0 Å². The summed E-state index contributed by atoms with van der Waals surface area (Å²) in [6.07, 6.45) is 9.27. The number of fused-ring (bicyclic) bond motifs is 2. The molecule has 3 heteroatoms. The van der Waals surface area contributed by atoms with Crippen molar-refractivity contribution in [1.82, 2.24) is 0 Å². The van der Waals surface area contributed by atoms with E-state index < -0.39 is 8.32 Å². The summed E-state index contributed by atoms with van der Waals surface area (Å²) in [6, 6.07) is 0. The van der Waals surface area contributed by atoms with Crippen LogP contribution >= 0.6 is 0 Å². The van der Waals surface area contributed by atoms with Crippen LogP contribution < -0.4 is 0 Å². The molecule has 0 saturated heterocycles. The van der Waals surface area contributed by atoms with Crippen molar-refractivity contribution in [2.24, 2.45) is 29.1 Å². The Kier molecular flexibility index (Phi) is 6.00. The summed E-state index contributed by atoms with van der Waals surface area (Å²) in [6.45, 7) is 19.8. The van der Waals surface area contributed by atoms with Gasteiger partial charge in [0.1, 0.15) is 0 Å². The van der Waals surface area contributed by atoms with Crippen LogP contribution in [-0.2, 0) is 9.16 Å². The van der Waals surface area contributed by atoms with Gasteiger partial charge in [-0.25, -0.2) is 0 Å². The molecule has 3 aliphatic carbocycles. The Morgan fingerprint density at radius 3 is 2.44 bits per heavy atom. The lowest BCUT2D eigenvalue weighted by atomic mass is 9.55. The number of methoxy groups -OCH3 is 1. The summed E-state index contributed by atoms with van der Waals surface area (Å²) in [5.41, 5.74) is 1.63. The fraction of sp³-hybridized carbons (Fsp3) is 0.818. The van der Waals surface area contributed by atoms with Crippen molar-refractivity contribution in [2.45, 2.75) is 72.5 Å². The van der Waals surface area contributed by atoms with Gasteiger partial charge < -0.3 is 9.16 Å². The van der Waals surface area contributed by atoms with E-state index in [1.54, 1.807) is 7.11 Å². The SMILES string of the molecule is CO/C=C1\C[C@H]2C=C[C@]1(C)C[C@H]2[C@@H](CO[Si](C)(C)C(C)(C)C)C(C)C. The summed E-state index contributed by atoms with van der Waals surface area (Å²) in [7, 11) is 0.0753. The highest BCUT2D eigenvalue weighted by Gasteiger charge is 2.47. The molecule has 0 radical (unpaired) electrons. The molecule has 2 bridgehead atoms. The molecular formula is C22H40O2Si. The van der Waals surface area contributed by atoms with Crippen LogP contribution in [0.3, 0.4) is 0 Å². The third-order valence-corrected chi connectivity index (χ3v) is 11.7. The van der Waals surface area contributed by atoms with E-state index in [4.69, 9.17) is 9.16 Å². The zero-order valence-electron chi connectivity index (χ0n) is 18.0. The Morgan fingerprint density at radius 2 is 1.96 bits per heavy atom. The largest absolute Gasteiger partial charge is 0.504 e. The molecule has 1 saturated carbocycles. The van der Waals surface area contributed by atoms with Crippen LogP contribution in [0.25, 0.3) is 0 Å². The second-order valence-corrected chi connectivity index (χ2v) is 15.2. The molecule has 25 heavy (non-hydrogen) atoms. The van der Waals surface area contributed by atoms with Crippen LogP contribution in [0.1, 0.15) is 54.4 Å². The molecule has 0 amide bonds. The van der Waals surface area contributed by atoms with E-state index in [0.717, 1.165) is 13.0 Å². The summed E-state index contributed by atoms with van der Waals surface area (Å²) in [4.78, 5) is 0. The summed E-state index contributed by atoms with van der Waals surface area (Å²) >= 11 is 0. The molecule has 4 atom stereocenters. The Labute approximate surface area is 157 Å². The van der Waals surface area contributed by atoms with Crippen LogP contribution in [0, 0.1) is 29.1 Å². The summed E-state index contributed by atoms with van der Waals surface area (Å²) in [5.74, 6) is 2.64. The maximum Gasteiger partial charge on any atom is 0.191 e. The predicted octanol–water partition coefficient (Wildman–Crippen LogP) is 6.41. The minimum absolute atomic E-state index is 0.166. The number of hydrogen-bond donors (Lipinski definition) is 0. The first kappa shape index (κ1) is 20.8.